The molecule has 0 bridgehead atoms. The second-order valence-corrected chi connectivity index (χ2v) is 6.03. The lowest BCUT2D eigenvalue weighted by Gasteiger charge is -2.19. The normalized spacial score (nSPS) is 14.9. The van der Waals surface area contributed by atoms with Gasteiger partial charge in [-0.1, -0.05) is 36.4 Å². The molecule has 1 atom stereocenters. The van der Waals surface area contributed by atoms with Crippen molar-refractivity contribution in [1.82, 2.24) is 10.3 Å². The average molecular weight is 383 g/mol. The number of hydrogen-bond acceptors (Lipinski definition) is 4. The number of nitrogens with zero attached hydrogens (tertiary/aromatic N) is 1. The molecule has 1 aliphatic rings. The highest BCUT2D eigenvalue weighted by atomic mass is 19.3. The highest BCUT2D eigenvalue weighted by molar-refractivity contribution is 5.90. The van der Waals surface area contributed by atoms with Crippen molar-refractivity contribution in [3.05, 3.63) is 84.2 Å². The Labute approximate surface area is 159 Å². The van der Waals surface area contributed by atoms with Crippen LogP contribution in [0, 0.1) is 0 Å². The summed E-state index contributed by atoms with van der Waals surface area (Å²) in [6.45, 7) is 0. The Morgan fingerprint density at radius 3 is 2.46 bits per heavy atom. The molecule has 0 unspecified atom stereocenters. The lowest BCUT2D eigenvalue weighted by Crippen LogP contribution is -2.33. The zero-order chi connectivity index (χ0) is 19.6. The first-order valence-electron chi connectivity index (χ1n) is 8.43. The zero-order valence-electron chi connectivity index (χ0n) is 14.4. The van der Waals surface area contributed by atoms with E-state index in [4.69, 9.17) is 0 Å². The van der Waals surface area contributed by atoms with Gasteiger partial charge in [0, 0.05) is 18.0 Å². The predicted molar refractivity (Wildman–Crippen MR) is 97.3 cm³/mol. The van der Waals surface area contributed by atoms with E-state index in [1.165, 1.54) is 18.2 Å². The molecule has 4 rings (SSSR count). The van der Waals surface area contributed by atoms with E-state index in [2.05, 4.69) is 25.1 Å². The number of anilines is 1. The summed E-state index contributed by atoms with van der Waals surface area (Å²) < 4.78 is 35.0. The smallest absolute Gasteiger partial charge is 0.395 e. The van der Waals surface area contributed by atoms with Crippen molar-refractivity contribution in [2.75, 3.05) is 5.32 Å². The maximum absolute atomic E-state index is 13.1. The van der Waals surface area contributed by atoms with Gasteiger partial charge in [0.2, 0.25) is 0 Å². The van der Waals surface area contributed by atoms with Crippen LogP contribution < -0.4 is 20.1 Å². The summed E-state index contributed by atoms with van der Waals surface area (Å²) in [6, 6.07) is 17.8. The number of alkyl halides is 2. The lowest BCUT2D eigenvalue weighted by atomic mass is 10.0. The molecular weight excluding hydrogens is 368 g/mol. The van der Waals surface area contributed by atoms with Gasteiger partial charge in [-0.3, -0.25) is 4.98 Å². The van der Waals surface area contributed by atoms with Crippen LogP contribution in [0.25, 0.3) is 0 Å². The van der Waals surface area contributed by atoms with E-state index >= 15 is 0 Å². The Bertz CT molecular complexity index is 945. The number of ether oxygens (including phenoxy) is 2. The zero-order valence-corrected chi connectivity index (χ0v) is 14.4. The molecule has 0 spiro atoms. The van der Waals surface area contributed by atoms with Crippen molar-refractivity contribution in [1.29, 1.82) is 0 Å². The van der Waals surface area contributed by atoms with Gasteiger partial charge in [-0.15, -0.1) is 8.78 Å². The fourth-order valence-corrected chi connectivity index (χ4v) is 2.85. The van der Waals surface area contributed by atoms with Gasteiger partial charge in [-0.2, -0.15) is 0 Å². The van der Waals surface area contributed by atoms with Crippen molar-refractivity contribution >= 4 is 11.7 Å². The van der Waals surface area contributed by atoms with E-state index in [0.29, 0.717) is 5.69 Å². The van der Waals surface area contributed by atoms with Crippen LogP contribution >= 0.6 is 0 Å². The Kier molecular flexibility index (Phi) is 4.52. The lowest BCUT2D eigenvalue weighted by molar-refractivity contribution is -0.286. The summed E-state index contributed by atoms with van der Waals surface area (Å²) in [6.07, 6.45) is -2.07. The van der Waals surface area contributed by atoms with E-state index in [0.717, 1.165) is 5.56 Å². The number of fused-ring (bicyclic) bond motifs is 1. The van der Waals surface area contributed by atoms with E-state index < -0.39 is 18.4 Å². The number of carbonyl (C=O) groups excluding carboxylic acids is 1. The number of halogens is 2. The summed E-state index contributed by atoms with van der Waals surface area (Å²) in [5.41, 5.74) is 1.79. The molecule has 3 aromatic rings. The third-order valence-corrected chi connectivity index (χ3v) is 4.05. The molecule has 1 aromatic heterocycles. The SMILES string of the molecule is O=C(Nc1ccc2c(c1)OC(F)(F)O2)N[C@@H](c1ccccc1)c1ccccn1. The van der Waals surface area contributed by atoms with Crippen LogP contribution in [0.3, 0.4) is 0 Å². The van der Waals surface area contributed by atoms with Crippen LogP contribution in [0.15, 0.2) is 72.9 Å². The van der Waals surface area contributed by atoms with E-state index in [-0.39, 0.29) is 17.2 Å². The fraction of sp³-hybridized carbons (Fsp3) is 0.100. The summed E-state index contributed by atoms with van der Waals surface area (Å²) in [5.74, 6) is -0.237. The number of benzene rings is 2. The van der Waals surface area contributed by atoms with Gasteiger partial charge in [0.25, 0.3) is 0 Å². The van der Waals surface area contributed by atoms with Crippen LogP contribution in [0.4, 0.5) is 19.3 Å². The van der Waals surface area contributed by atoms with E-state index in [1.54, 1.807) is 18.3 Å². The molecule has 0 fully saturated rings. The Hall–Kier alpha value is -3.68. The third-order valence-electron chi connectivity index (χ3n) is 4.05. The number of amides is 2. The first-order valence-corrected chi connectivity index (χ1v) is 8.43. The minimum absolute atomic E-state index is 0.0911. The van der Waals surface area contributed by atoms with Gasteiger partial charge in [-0.05, 0) is 29.8 Å². The first-order chi connectivity index (χ1) is 13.5. The van der Waals surface area contributed by atoms with Crippen molar-refractivity contribution in [2.24, 2.45) is 0 Å². The van der Waals surface area contributed by atoms with Crippen LogP contribution in [0.2, 0.25) is 0 Å². The Balaban J connectivity index is 1.52. The van der Waals surface area contributed by atoms with Gasteiger partial charge in [0.15, 0.2) is 11.5 Å². The van der Waals surface area contributed by atoms with Gasteiger partial charge in [0.1, 0.15) is 0 Å². The molecule has 0 saturated carbocycles. The minimum Gasteiger partial charge on any atom is -0.395 e. The highest BCUT2D eigenvalue weighted by Gasteiger charge is 2.43. The minimum atomic E-state index is -3.71. The van der Waals surface area contributed by atoms with Crippen molar-refractivity contribution in [2.45, 2.75) is 12.3 Å². The molecule has 2 aromatic carbocycles. The molecule has 6 nitrogen and oxygen atoms in total. The number of hydrogen-bond donors (Lipinski definition) is 2. The molecule has 2 amide bonds. The summed E-state index contributed by atoms with van der Waals surface area (Å²) in [4.78, 5) is 16.8. The standard InChI is InChI=1S/C20H15F2N3O3/c21-20(22)27-16-10-9-14(12-17(16)28-20)24-19(26)25-18(13-6-2-1-3-7-13)15-8-4-5-11-23-15/h1-12,18H,(H2,24,25,26)/t18-/m0/s1. The quantitative estimate of drug-likeness (QED) is 0.704. The van der Waals surface area contributed by atoms with Crippen LogP contribution in [0.5, 0.6) is 11.5 Å². The first kappa shape index (κ1) is 17.7. The third kappa shape index (κ3) is 3.85. The molecule has 142 valence electrons. The molecule has 8 heteroatoms. The monoisotopic (exact) mass is 383 g/mol. The van der Waals surface area contributed by atoms with Crippen LogP contribution in [-0.4, -0.2) is 17.3 Å². The average Bonchev–Trinajstić information content (AvgIpc) is 3.00. The Morgan fingerprint density at radius 1 is 0.964 bits per heavy atom. The maximum Gasteiger partial charge on any atom is 0.586 e. The van der Waals surface area contributed by atoms with Gasteiger partial charge in [0.05, 0.1) is 11.7 Å². The molecule has 0 aliphatic carbocycles. The van der Waals surface area contributed by atoms with Crippen LogP contribution in [-0.2, 0) is 0 Å². The summed E-state index contributed by atoms with van der Waals surface area (Å²) in [5, 5.41) is 5.46. The molecule has 0 radical (unpaired) electrons. The molecule has 2 heterocycles. The number of carbonyl (C=O) groups is 1. The molecule has 1 aliphatic heterocycles. The summed E-state index contributed by atoms with van der Waals surface area (Å²) in [7, 11) is 0. The Morgan fingerprint density at radius 2 is 1.71 bits per heavy atom. The number of nitrogens with one attached hydrogen (secondary N) is 2. The second kappa shape index (κ2) is 7.15. The van der Waals surface area contributed by atoms with Gasteiger partial charge in [-0.25, -0.2) is 4.79 Å². The summed E-state index contributed by atoms with van der Waals surface area (Å²) >= 11 is 0. The highest BCUT2D eigenvalue weighted by Crippen LogP contribution is 2.42. The van der Waals surface area contributed by atoms with Crippen molar-refractivity contribution in [3.8, 4) is 11.5 Å². The molecule has 2 N–H and O–H groups in total. The van der Waals surface area contributed by atoms with E-state index in [1.807, 2.05) is 36.4 Å². The van der Waals surface area contributed by atoms with E-state index in [9.17, 15) is 13.6 Å². The number of pyridine rings is 1. The van der Waals surface area contributed by atoms with Crippen molar-refractivity contribution in [3.63, 3.8) is 0 Å². The molecular formula is C20H15F2N3O3. The number of urea groups is 1. The maximum atomic E-state index is 13.1. The van der Waals surface area contributed by atoms with Crippen LogP contribution in [0.1, 0.15) is 17.3 Å². The second-order valence-electron chi connectivity index (χ2n) is 6.03. The number of aromatic nitrogens is 1. The van der Waals surface area contributed by atoms with Gasteiger partial charge < -0.3 is 20.1 Å². The topological polar surface area (TPSA) is 72.5 Å². The fourth-order valence-electron chi connectivity index (χ4n) is 2.85. The van der Waals surface area contributed by atoms with Gasteiger partial charge >= 0.3 is 12.3 Å². The molecule has 0 saturated heterocycles. The predicted octanol–water partition coefficient (Wildman–Crippen LogP) is 4.31. The largest absolute Gasteiger partial charge is 0.586 e. The molecule has 28 heavy (non-hydrogen) atoms. The van der Waals surface area contributed by atoms with Crippen molar-refractivity contribution < 1.29 is 23.0 Å². The number of rotatable bonds is 4.